The molecule has 9 heteroatoms. The summed E-state index contributed by atoms with van der Waals surface area (Å²) >= 11 is 6.26. The molecule has 0 amide bonds. The molecule has 0 unspecified atom stereocenters. The summed E-state index contributed by atoms with van der Waals surface area (Å²) in [6, 6.07) is 10.1. The Morgan fingerprint density at radius 3 is 2.34 bits per heavy atom. The monoisotopic (exact) mass is 437 g/mol. The van der Waals surface area contributed by atoms with E-state index >= 15 is 0 Å². The first-order valence-corrected chi connectivity index (χ1v) is 11.5. The van der Waals surface area contributed by atoms with Gasteiger partial charge >= 0.3 is 0 Å². The molecule has 2 aromatic carbocycles. The van der Waals surface area contributed by atoms with E-state index in [1.54, 1.807) is 19.1 Å². The number of anilines is 2. The first-order valence-electron chi connectivity index (χ1n) is 9.50. The molecule has 0 radical (unpaired) electrons. The van der Waals surface area contributed by atoms with Crippen LogP contribution in [-0.2, 0) is 9.84 Å². The van der Waals surface area contributed by atoms with Crippen molar-refractivity contribution in [1.29, 1.82) is 0 Å². The Bertz CT molecular complexity index is 978. The predicted molar refractivity (Wildman–Crippen MR) is 116 cm³/mol. The van der Waals surface area contributed by atoms with E-state index in [0.717, 1.165) is 42.9 Å². The van der Waals surface area contributed by atoms with Crippen LogP contribution in [0.5, 0.6) is 0 Å². The number of rotatable bonds is 6. The topological polar surface area (TPSA) is 92.6 Å². The lowest BCUT2D eigenvalue weighted by Gasteiger charge is -2.35. The van der Waals surface area contributed by atoms with Crippen LogP contribution >= 0.6 is 11.6 Å². The fourth-order valence-electron chi connectivity index (χ4n) is 3.53. The molecule has 1 aliphatic rings. The lowest BCUT2D eigenvalue weighted by atomic mass is 10.0. The summed E-state index contributed by atoms with van der Waals surface area (Å²) < 4.78 is 23.9. The van der Waals surface area contributed by atoms with E-state index in [1.165, 1.54) is 12.1 Å². The Morgan fingerprint density at radius 1 is 1.21 bits per heavy atom. The Labute approximate surface area is 175 Å². The van der Waals surface area contributed by atoms with Crippen LogP contribution in [0.4, 0.5) is 17.1 Å². The highest BCUT2D eigenvalue weighted by atomic mass is 35.5. The fourth-order valence-corrected chi connectivity index (χ4v) is 4.73. The van der Waals surface area contributed by atoms with Crippen LogP contribution in [-0.4, -0.2) is 38.2 Å². The van der Waals surface area contributed by atoms with Crippen molar-refractivity contribution in [1.82, 2.24) is 0 Å². The van der Waals surface area contributed by atoms with E-state index in [9.17, 15) is 18.5 Å². The van der Waals surface area contributed by atoms with Crippen LogP contribution in [0.15, 0.2) is 41.3 Å². The number of hydrogen-bond acceptors (Lipinski definition) is 6. The van der Waals surface area contributed by atoms with Gasteiger partial charge in [0.15, 0.2) is 9.84 Å². The largest absolute Gasteiger partial charge is 0.381 e. The van der Waals surface area contributed by atoms with Gasteiger partial charge in [-0.3, -0.25) is 10.1 Å². The second-order valence-corrected chi connectivity index (χ2v) is 9.87. The first-order chi connectivity index (χ1) is 13.7. The Balaban J connectivity index is 1.63. The quantitative estimate of drug-likeness (QED) is 0.530. The van der Waals surface area contributed by atoms with Gasteiger partial charge in [-0.25, -0.2) is 8.42 Å². The standard InChI is InChI=1S/C20H24ClN3O4S/c1-3-29(27,28)18-6-4-16(5-7-18)23-10-8-15(9-11-23)22-20-14(2)12-17(24(25)26)13-19(20)21/h4-7,12-13,15,22H,3,8-11H2,1-2H3. The molecule has 1 saturated heterocycles. The molecule has 1 aliphatic heterocycles. The van der Waals surface area contributed by atoms with Crippen LogP contribution in [0.1, 0.15) is 25.3 Å². The Morgan fingerprint density at radius 2 is 1.83 bits per heavy atom. The van der Waals surface area contributed by atoms with Crippen LogP contribution in [0, 0.1) is 17.0 Å². The van der Waals surface area contributed by atoms with Gasteiger partial charge in [-0.1, -0.05) is 18.5 Å². The highest BCUT2D eigenvalue weighted by Gasteiger charge is 2.22. The van der Waals surface area contributed by atoms with Crippen molar-refractivity contribution in [3.8, 4) is 0 Å². The highest BCUT2D eigenvalue weighted by Crippen LogP contribution is 2.33. The molecular formula is C20H24ClN3O4S. The number of hydrogen-bond donors (Lipinski definition) is 1. The number of piperidine rings is 1. The van der Waals surface area contributed by atoms with Crippen molar-refractivity contribution in [2.75, 3.05) is 29.1 Å². The molecule has 0 spiro atoms. The molecule has 0 bridgehead atoms. The van der Waals surface area contributed by atoms with Crippen molar-refractivity contribution in [3.63, 3.8) is 0 Å². The summed E-state index contributed by atoms with van der Waals surface area (Å²) in [5.41, 5.74) is 2.48. The number of nitrogens with one attached hydrogen (secondary N) is 1. The zero-order valence-corrected chi connectivity index (χ0v) is 18.0. The van der Waals surface area contributed by atoms with Gasteiger partial charge in [0.05, 0.1) is 26.3 Å². The number of benzene rings is 2. The van der Waals surface area contributed by atoms with Gasteiger partial charge in [0.1, 0.15) is 0 Å². The van der Waals surface area contributed by atoms with E-state index in [0.29, 0.717) is 9.92 Å². The summed E-state index contributed by atoms with van der Waals surface area (Å²) in [5, 5.41) is 14.7. The van der Waals surface area contributed by atoms with Crippen LogP contribution in [0.25, 0.3) is 0 Å². The zero-order valence-electron chi connectivity index (χ0n) is 16.4. The molecule has 7 nitrogen and oxygen atoms in total. The number of halogens is 1. The third-order valence-corrected chi connectivity index (χ3v) is 7.32. The molecule has 2 aromatic rings. The molecular weight excluding hydrogens is 414 g/mol. The molecule has 29 heavy (non-hydrogen) atoms. The minimum absolute atomic E-state index is 0.0126. The average molecular weight is 438 g/mol. The minimum atomic E-state index is -3.19. The molecule has 0 aromatic heterocycles. The lowest BCUT2D eigenvalue weighted by Crippen LogP contribution is -2.39. The molecule has 156 valence electrons. The van der Waals surface area contributed by atoms with E-state index in [4.69, 9.17) is 11.6 Å². The zero-order chi connectivity index (χ0) is 21.2. The van der Waals surface area contributed by atoms with E-state index in [-0.39, 0.29) is 17.5 Å². The molecule has 3 rings (SSSR count). The Kier molecular flexibility index (Phi) is 6.33. The average Bonchev–Trinajstić information content (AvgIpc) is 2.71. The summed E-state index contributed by atoms with van der Waals surface area (Å²) in [4.78, 5) is 13.1. The lowest BCUT2D eigenvalue weighted by molar-refractivity contribution is -0.384. The highest BCUT2D eigenvalue weighted by molar-refractivity contribution is 7.91. The smallest absolute Gasteiger partial charge is 0.271 e. The molecule has 0 atom stereocenters. The van der Waals surface area contributed by atoms with Gasteiger partial charge in [0, 0.05) is 37.0 Å². The maximum atomic E-state index is 11.9. The van der Waals surface area contributed by atoms with Crippen molar-refractivity contribution >= 4 is 38.5 Å². The second kappa shape index (κ2) is 8.59. The normalized spacial score (nSPS) is 15.3. The SMILES string of the molecule is CCS(=O)(=O)c1ccc(N2CCC(Nc3c(C)cc([N+](=O)[O-])cc3Cl)CC2)cc1. The van der Waals surface area contributed by atoms with Crippen LogP contribution in [0.2, 0.25) is 5.02 Å². The molecule has 1 heterocycles. The number of nitro benzene ring substituents is 1. The summed E-state index contributed by atoms with van der Waals surface area (Å²) in [6.07, 6.45) is 1.75. The van der Waals surface area contributed by atoms with Gasteiger partial charge in [0.25, 0.3) is 5.69 Å². The fraction of sp³-hybridized carbons (Fsp3) is 0.400. The predicted octanol–water partition coefficient (Wildman–Crippen LogP) is 4.43. The van der Waals surface area contributed by atoms with Gasteiger partial charge in [-0.15, -0.1) is 0 Å². The summed E-state index contributed by atoms with van der Waals surface area (Å²) in [7, 11) is -3.19. The Hall–Kier alpha value is -2.32. The van der Waals surface area contributed by atoms with E-state index in [1.807, 2.05) is 19.1 Å². The molecule has 1 N–H and O–H groups in total. The first kappa shape index (κ1) is 21.4. The molecule has 0 aliphatic carbocycles. The number of nitrogens with zero attached hydrogens (tertiary/aromatic N) is 2. The minimum Gasteiger partial charge on any atom is -0.381 e. The van der Waals surface area contributed by atoms with Gasteiger partial charge in [-0.2, -0.15) is 0 Å². The van der Waals surface area contributed by atoms with Crippen molar-refractivity contribution in [2.24, 2.45) is 0 Å². The van der Waals surface area contributed by atoms with E-state index < -0.39 is 14.8 Å². The van der Waals surface area contributed by atoms with Gasteiger partial charge < -0.3 is 10.2 Å². The maximum absolute atomic E-state index is 11.9. The van der Waals surface area contributed by atoms with Crippen molar-refractivity contribution in [3.05, 3.63) is 57.1 Å². The van der Waals surface area contributed by atoms with Crippen molar-refractivity contribution in [2.45, 2.75) is 37.6 Å². The van der Waals surface area contributed by atoms with Crippen LogP contribution < -0.4 is 10.2 Å². The number of sulfone groups is 1. The molecule has 1 fully saturated rings. The van der Waals surface area contributed by atoms with Crippen LogP contribution in [0.3, 0.4) is 0 Å². The summed E-state index contributed by atoms with van der Waals surface area (Å²) in [5.74, 6) is 0.0913. The van der Waals surface area contributed by atoms with Gasteiger partial charge in [-0.05, 0) is 49.6 Å². The van der Waals surface area contributed by atoms with Gasteiger partial charge in [0.2, 0.25) is 0 Å². The van der Waals surface area contributed by atoms with E-state index in [2.05, 4.69) is 10.2 Å². The third-order valence-electron chi connectivity index (χ3n) is 5.27. The number of aryl methyl sites for hydroxylation is 1. The second-order valence-electron chi connectivity index (χ2n) is 7.18. The number of nitro groups is 1. The number of non-ortho nitro benzene ring substituents is 1. The molecule has 0 saturated carbocycles. The third kappa shape index (κ3) is 4.82. The summed E-state index contributed by atoms with van der Waals surface area (Å²) in [6.45, 7) is 5.09. The van der Waals surface area contributed by atoms with Crippen molar-refractivity contribution < 1.29 is 13.3 Å². The maximum Gasteiger partial charge on any atom is 0.271 e.